The monoisotopic (exact) mass is 313 g/mol. The molecular formula is C13H16ClN3O2S. The minimum absolute atomic E-state index is 0.0599. The second-order valence-electron chi connectivity index (χ2n) is 5.16. The third kappa shape index (κ3) is 2.43. The molecule has 3 heterocycles. The Hall–Kier alpha value is -1.11. The van der Waals surface area contributed by atoms with Crippen LogP contribution in [0.4, 0.5) is 0 Å². The van der Waals surface area contributed by atoms with Gasteiger partial charge in [-0.1, -0.05) is 18.0 Å². The van der Waals surface area contributed by atoms with Crippen LogP contribution >= 0.6 is 11.6 Å². The van der Waals surface area contributed by atoms with Crippen molar-refractivity contribution < 1.29 is 8.42 Å². The fourth-order valence-corrected chi connectivity index (χ4v) is 4.02. The molecule has 5 nitrogen and oxygen atoms in total. The molecule has 1 atom stereocenters. The first-order valence-electron chi connectivity index (χ1n) is 6.57. The first-order valence-corrected chi connectivity index (χ1v) is 8.80. The van der Waals surface area contributed by atoms with Crippen molar-refractivity contribution in [3.05, 3.63) is 29.2 Å². The van der Waals surface area contributed by atoms with Crippen LogP contribution in [0.15, 0.2) is 18.3 Å². The number of hydrogen-bond acceptors (Lipinski definition) is 4. The Kier molecular flexibility index (Phi) is 3.48. The summed E-state index contributed by atoms with van der Waals surface area (Å²) in [5, 5.41) is 4.47. The van der Waals surface area contributed by atoms with Gasteiger partial charge in [-0.05, 0) is 25.5 Å². The van der Waals surface area contributed by atoms with Gasteiger partial charge in [0.1, 0.15) is 5.15 Å². The third-order valence-corrected chi connectivity index (χ3v) is 4.91. The number of rotatable bonds is 2. The Bertz CT molecular complexity index is 748. The lowest BCUT2D eigenvalue weighted by Crippen LogP contribution is -2.29. The van der Waals surface area contributed by atoms with Crippen LogP contribution in [-0.4, -0.2) is 30.2 Å². The summed E-state index contributed by atoms with van der Waals surface area (Å²) in [7, 11) is -3.39. The van der Waals surface area contributed by atoms with Crippen LogP contribution in [0.25, 0.3) is 10.9 Å². The molecule has 2 aromatic rings. The molecular weight excluding hydrogens is 298 g/mol. The summed E-state index contributed by atoms with van der Waals surface area (Å²) in [6.45, 7) is 0.912. The number of piperidine rings is 1. The van der Waals surface area contributed by atoms with Crippen molar-refractivity contribution >= 4 is 32.5 Å². The molecule has 0 spiro atoms. The molecule has 1 saturated heterocycles. The lowest BCUT2D eigenvalue weighted by molar-refractivity contribution is 0.404. The Morgan fingerprint density at radius 3 is 2.85 bits per heavy atom. The largest absolute Gasteiger partial charge is 0.309 e. The van der Waals surface area contributed by atoms with Gasteiger partial charge >= 0.3 is 0 Å². The minimum atomic E-state index is -3.39. The van der Waals surface area contributed by atoms with Gasteiger partial charge in [0.2, 0.25) is 10.0 Å². The van der Waals surface area contributed by atoms with Crippen LogP contribution in [0.5, 0.6) is 0 Å². The normalized spacial score (nSPS) is 20.4. The Morgan fingerprint density at radius 2 is 2.20 bits per heavy atom. The highest BCUT2D eigenvalue weighted by Crippen LogP contribution is 2.30. The van der Waals surface area contributed by atoms with E-state index in [1.54, 1.807) is 12.3 Å². The molecule has 7 heteroatoms. The van der Waals surface area contributed by atoms with Gasteiger partial charge in [-0.25, -0.2) is 17.4 Å². The first-order chi connectivity index (χ1) is 9.47. The highest BCUT2D eigenvalue weighted by Gasteiger charge is 2.24. The topological polar surface area (TPSA) is 64.0 Å². The predicted molar refractivity (Wildman–Crippen MR) is 79.6 cm³/mol. The van der Waals surface area contributed by atoms with Gasteiger partial charge in [-0.3, -0.25) is 0 Å². The van der Waals surface area contributed by atoms with Crippen molar-refractivity contribution in [2.45, 2.75) is 25.3 Å². The molecule has 0 bridgehead atoms. The van der Waals surface area contributed by atoms with E-state index >= 15 is 0 Å². The number of hydrogen-bond donors (Lipinski definition) is 1. The first kappa shape index (κ1) is 13.9. The summed E-state index contributed by atoms with van der Waals surface area (Å²) in [6.07, 6.45) is 6.00. The molecule has 0 aliphatic carbocycles. The molecule has 108 valence electrons. The number of fused-ring (bicyclic) bond motifs is 1. The van der Waals surface area contributed by atoms with E-state index in [4.69, 9.17) is 11.6 Å². The van der Waals surface area contributed by atoms with E-state index < -0.39 is 10.0 Å². The number of nitrogens with one attached hydrogen (secondary N) is 1. The van der Waals surface area contributed by atoms with Crippen LogP contribution in [-0.2, 0) is 10.0 Å². The van der Waals surface area contributed by atoms with Crippen LogP contribution in [0.1, 0.15) is 31.0 Å². The molecule has 1 aliphatic rings. The predicted octanol–water partition coefficient (Wildman–Crippen LogP) is 2.31. The lowest BCUT2D eigenvalue weighted by atomic mass is 10.0. The molecule has 1 fully saturated rings. The summed E-state index contributed by atoms with van der Waals surface area (Å²) < 4.78 is 25.7. The summed E-state index contributed by atoms with van der Waals surface area (Å²) in [5.74, 6) is 0. The van der Waals surface area contributed by atoms with Gasteiger partial charge < -0.3 is 5.32 Å². The fourth-order valence-electron chi connectivity index (χ4n) is 2.79. The second kappa shape index (κ2) is 5.02. The molecule has 2 aromatic heterocycles. The highest BCUT2D eigenvalue weighted by atomic mass is 35.5. The van der Waals surface area contributed by atoms with E-state index in [1.807, 2.05) is 6.07 Å². The Labute approximate surface area is 123 Å². The average molecular weight is 314 g/mol. The van der Waals surface area contributed by atoms with Gasteiger partial charge in [-0.2, -0.15) is 0 Å². The van der Waals surface area contributed by atoms with E-state index in [9.17, 15) is 8.42 Å². The van der Waals surface area contributed by atoms with Crippen molar-refractivity contribution in [1.29, 1.82) is 0 Å². The Balaban J connectivity index is 2.25. The zero-order valence-electron chi connectivity index (χ0n) is 11.1. The maximum atomic E-state index is 12.2. The van der Waals surface area contributed by atoms with Crippen molar-refractivity contribution in [2.75, 3.05) is 12.8 Å². The maximum absolute atomic E-state index is 12.2. The third-order valence-electron chi connectivity index (χ3n) is 3.63. The average Bonchev–Trinajstić information content (AvgIpc) is 2.78. The van der Waals surface area contributed by atoms with E-state index in [0.717, 1.165) is 36.9 Å². The highest BCUT2D eigenvalue weighted by molar-refractivity contribution is 7.89. The zero-order chi connectivity index (χ0) is 14.3. The standard InChI is InChI=1S/C13H16ClN3O2S/c1-20(18,19)17-11-7-13(14)16-8-9(11)6-12(17)10-4-2-3-5-15-10/h6-8,10,15H,2-5H2,1H3/t10-/m1/s1. The maximum Gasteiger partial charge on any atom is 0.236 e. The van der Waals surface area contributed by atoms with E-state index in [-0.39, 0.29) is 6.04 Å². The zero-order valence-corrected chi connectivity index (χ0v) is 12.7. The van der Waals surface area contributed by atoms with Crippen molar-refractivity contribution in [2.24, 2.45) is 0 Å². The number of halogens is 1. The quantitative estimate of drug-likeness (QED) is 0.864. The number of aromatic nitrogens is 2. The molecule has 0 aromatic carbocycles. The van der Waals surface area contributed by atoms with E-state index in [0.29, 0.717) is 10.7 Å². The molecule has 1 aliphatic heterocycles. The van der Waals surface area contributed by atoms with Gasteiger partial charge in [0.25, 0.3) is 0 Å². The smallest absolute Gasteiger partial charge is 0.236 e. The molecule has 0 amide bonds. The van der Waals surface area contributed by atoms with Crippen LogP contribution in [0.3, 0.4) is 0 Å². The summed E-state index contributed by atoms with van der Waals surface area (Å²) in [4.78, 5) is 4.03. The minimum Gasteiger partial charge on any atom is -0.309 e. The van der Waals surface area contributed by atoms with Gasteiger partial charge in [0.05, 0.1) is 17.5 Å². The SMILES string of the molecule is CS(=O)(=O)n1c([C@H]2CCCCN2)cc2cnc(Cl)cc21. The van der Waals surface area contributed by atoms with Gasteiger partial charge in [0, 0.05) is 23.7 Å². The molecule has 1 N–H and O–H groups in total. The summed E-state index contributed by atoms with van der Waals surface area (Å²) in [5.41, 5.74) is 1.36. The van der Waals surface area contributed by atoms with Crippen molar-refractivity contribution in [3.8, 4) is 0 Å². The van der Waals surface area contributed by atoms with Crippen LogP contribution < -0.4 is 5.32 Å². The summed E-state index contributed by atoms with van der Waals surface area (Å²) >= 11 is 5.90. The fraction of sp³-hybridized carbons (Fsp3) is 0.462. The van der Waals surface area contributed by atoms with Crippen molar-refractivity contribution in [1.82, 2.24) is 14.3 Å². The van der Waals surface area contributed by atoms with E-state index in [2.05, 4.69) is 10.3 Å². The number of pyridine rings is 1. The number of nitrogens with zero attached hydrogens (tertiary/aromatic N) is 2. The molecule has 20 heavy (non-hydrogen) atoms. The lowest BCUT2D eigenvalue weighted by Gasteiger charge is -2.24. The Morgan fingerprint density at radius 1 is 1.40 bits per heavy atom. The van der Waals surface area contributed by atoms with Crippen LogP contribution in [0, 0.1) is 0 Å². The summed E-state index contributed by atoms with van der Waals surface area (Å²) in [6, 6.07) is 3.55. The van der Waals surface area contributed by atoms with Crippen molar-refractivity contribution in [3.63, 3.8) is 0 Å². The second-order valence-corrected chi connectivity index (χ2v) is 7.38. The molecule has 0 radical (unpaired) electrons. The van der Waals surface area contributed by atoms with E-state index in [1.165, 1.54) is 10.2 Å². The molecule has 0 saturated carbocycles. The molecule has 3 rings (SSSR count). The molecule has 0 unspecified atom stereocenters. The van der Waals surface area contributed by atoms with Gasteiger partial charge in [-0.15, -0.1) is 0 Å². The van der Waals surface area contributed by atoms with Gasteiger partial charge in [0.15, 0.2) is 0 Å². The van der Waals surface area contributed by atoms with Crippen LogP contribution in [0.2, 0.25) is 5.15 Å².